The topological polar surface area (TPSA) is 101 Å². The molecule has 0 radical (unpaired) electrons. The zero-order valence-electron chi connectivity index (χ0n) is 10.8. The first-order valence-corrected chi connectivity index (χ1v) is 6.57. The van der Waals surface area contributed by atoms with Gasteiger partial charge >= 0.3 is 5.97 Å². The molecule has 2 aromatic rings. The van der Waals surface area contributed by atoms with E-state index >= 15 is 0 Å². The SMILES string of the molecule is Cn1nc(C(=O)Nc2c(Br)cccc2C(=O)O)ccc1=O. The van der Waals surface area contributed by atoms with Crippen molar-refractivity contribution in [2.75, 3.05) is 5.32 Å². The Morgan fingerprint density at radius 2 is 2.00 bits per heavy atom. The fraction of sp³-hybridized carbons (Fsp3) is 0.0769. The molecule has 0 atom stereocenters. The third-order valence-corrected chi connectivity index (χ3v) is 3.34. The Labute approximate surface area is 127 Å². The van der Waals surface area contributed by atoms with Crippen molar-refractivity contribution in [3.8, 4) is 0 Å². The van der Waals surface area contributed by atoms with E-state index in [4.69, 9.17) is 5.11 Å². The van der Waals surface area contributed by atoms with Crippen LogP contribution in [0.5, 0.6) is 0 Å². The molecule has 0 aliphatic heterocycles. The van der Waals surface area contributed by atoms with Crippen LogP contribution in [0.3, 0.4) is 0 Å². The van der Waals surface area contributed by atoms with Gasteiger partial charge in [-0.25, -0.2) is 9.48 Å². The molecule has 0 spiro atoms. The third-order valence-electron chi connectivity index (χ3n) is 2.68. The average molecular weight is 352 g/mol. The zero-order valence-corrected chi connectivity index (χ0v) is 12.4. The summed E-state index contributed by atoms with van der Waals surface area (Å²) in [6.07, 6.45) is 0. The number of carboxylic acid groups (broad SMARTS) is 1. The number of hydrogen-bond donors (Lipinski definition) is 2. The number of benzene rings is 1. The average Bonchev–Trinajstić information content (AvgIpc) is 2.43. The van der Waals surface area contributed by atoms with Gasteiger partial charge < -0.3 is 10.4 Å². The van der Waals surface area contributed by atoms with Gasteiger partial charge in [-0.2, -0.15) is 5.10 Å². The lowest BCUT2D eigenvalue weighted by atomic mass is 10.1. The molecule has 108 valence electrons. The number of aromatic nitrogens is 2. The summed E-state index contributed by atoms with van der Waals surface area (Å²) in [4.78, 5) is 34.5. The van der Waals surface area contributed by atoms with Gasteiger partial charge in [-0.05, 0) is 34.1 Å². The van der Waals surface area contributed by atoms with Crippen molar-refractivity contribution in [2.45, 2.75) is 0 Å². The number of carboxylic acids is 1. The molecule has 1 amide bonds. The summed E-state index contributed by atoms with van der Waals surface area (Å²) in [6.45, 7) is 0. The van der Waals surface area contributed by atoms with E-state index < -0.39 is 11.9 Å². The zero-order chi connectivity index (χ0) is 15.6. The van der Waals surface area contributed by atoms with Crippen molar-refractivity contribution in [3.63, 3.8) is 0 Å². The standard InChI is InChI=1S/C13H10BrN3O4/c1-17-10(18)6-5-9(16-17)12(19)15-11-7(13(20)21)3-2-4-8(11)14/h2-6H,1H3,(H,15,19)(H,20,21). The summed E-state index contributed by atoms with van der Waals surface area (Å²) in [5.41, 5.74) is -0.268. The van der Waals surface area contributed by atoms with Gasteiger partial charge in [0.1, 0.15) is 5.69 Å². The number of para-hydroxylation sites is 1. The predicted molar refractivity (Wildman–Crippen MR) is 78.5 cm³/mol. The summed E-state index contributed by atoms with van der Waals surface area (Å²) in [5.74, 6) is -1.78. The molecular weight excluding hydrogens is 342 g/mol. The van der Waals surface area contributed by atoms with Crippen LogP contribution in [-0.4, -0.2) is 26.8 Å². The van der Waals surface area contributed by atoms with Crippen LogP contribution in [0.4, 0.5) is 5.69 Å². The minimum atomic E-state index is -1.17. The van der Waals surface area contributed by atoms with Gasteiger partial charge in [-0.15, -0.1) is 0 Å². The molecule has 7 nitrogen and oxygen atoms in total. The van der Waals surface area contributed by atoms with Crippen molar-refractivity contribution in [1.82, 2.24) is 9.78 Å². The van der Waals surface area contributed by atoms with E-state index in [1.165, 1.54) is 25.2 Å². The first-order valence-electron chi connectivity index (χ1n) is 5.77. The van der Waals surface area contributed by atoms with Crippen LogP contribution in [0.2, 0.25) is 0 Å². The van der Waals surface area contributed by atoms with E-state index in [1.807, 2.05) is 0 Å². The molecule has 0 saturated heterocycles. The first-order chi connectivity index (χ1) is 9.90. The van der Waals surface area contributed by atoms with Crippen LogP contribution in [0, 0.1) is 0 Å². The lowest BCUT2D eigenvalue weighted by Crippen LogP contribution is -2.24. The second-order valence-electron chi connectivity index (χ2n) is 4.10. The molecule has 0 aliphatic carbocycles. The van der Waals surface area contributed by atoms with E-state index in [0.29, 0.717) is 4.47 Å². The van der Waals surface area contributed by atoms with Gasteiger partial charge in [0.2, 0.25) is 0 Å². The maximum Gasteiger partial charge on any atom is 0.337 e. The summed E-state index contributed by atoms with van der Waals surface area (Å²) in [5, 5.41) is 15.4. The number of nitrogens with one attached hydrogen (secondary N) is 1. The Morgan fingerprint density at radius 1 is 1.29 bits per heavy atom. The number of carbonyl (C=O) groups excluding carboxylic acids is 1. The molecule has 21 heavy (non-hydrogen) atoms. The highest BCUT2D eigenvalue weighted by molar-refractivity contribution is 9.10. The molecule has 0 fully saturated rings. The van der Waals surface area contributed by atoms with E-state index in [1.54, 1.807) is 12.1 Å². The fourth-order valence-electron chi connectivity index (χ4n) is 1.63. The van der Waals surface area contributed by atoms with Gasteiger partial charge in [-0.3, -0.25) is 9.59 Å². The van der Waals surface area contributed by atoms with Crippen molar-refractivity contribution < 1.29 is 14.7 Å². The number of halogens is 1. The van der Waals surface area contributed by atoms with Crippen LogP contribution < -0.4 is 10.9 Å². The Kier molecular flexibility index (Phi) is 4.18. The number of carbonyl (C=O) groups is 2. The molecule has 1 heterocycles. The van der Waals surface area contributed by atoms with Crippen molar-refractivity contribution in [3.05, 3.63) is 56.4 Å². The molecule has 2 N–H and O–H groups in total. The minimum Gasteiger partial charge on any atom is -0.478 e. The van der Waals surface area contributed by atoms with Gasteiger partial charge in [0, 0.05) is 17.6 Å². The Hall–Kier alpha value is -2.48. The monoisotopic (exact) mass is 351 g/mol. The highest BCUT2D eigenvalue weighted by atomic mass is 79.9. The molecule has 2 rings (SSSR count). The van der Waals surface area contributed by atoms with Crippen LogP contribution in [0.1, 0.15) is 20.8 Å². The predicted octanol–water partition coefficient (Wildman–Crippen LogP) is 1.49. The number of hydrogen-bond acceptors (Lipinski definition) is 4. The summed E-state index contributed by atoms with van der Waals surface area (Å²) >= 11 is 3.19. The summed E-state index contributed by atoms with van der Waals surface area (Å²) in [7, 11) is 1.42. The molecule has 1 aromatic carbocycles. The molecule has 1 aromatic heterocycles. The number of amides is 1. The number of aromatic carboxylic acids is 1. The number of nitrogens with zero attached hydrogens (tertiary/aromatic N) is 2. The highest BCUT2D eigenvalue weighted by Gasteiger charge is 2.17. The highest BCUT2D eigenvalue weighted by Crippen LogP contribution is 2.26. The third kappa shape index (κ3) is 3.16. The van der Waals surface area contributed by atoms with E-state index in [2.05, 4.69) is 26.3 Å². The van der Waals surface area contributed by atoms with Crippen molar-refractivity contribution in [2.24, 2.45) is 7.05 Å². The molecule has 0 aliphatic rings. The van der Waals surface area contributed by atoms with Gasteiger partial charge in [0.15, 0.2) is 0 Å². The van der Waals surface area contributed by atoms with Gasteiger partial charge in [-0.1, -0.05) is 6.07 Å². The summed E-state index contributed by atoms with van der Waals surface area (Å²) in [6, 6.07) is 7.01. The van der Waals surface area contributed by atoms with E-state index in [9.17, 15) is 14.4 Å². The number of aryl methyl sites for hydroxylation is 1. The molecular formula is C13H10BrN3O4. The van der Waals surface area contributed by atoms with E-state index in [-0.39, 0.29) is 22.5 Å². The second kappa shape index (κ2) is 5.88. The second-order valence-corrected chi connectivity index (χ2v) is 4.96. The Bertz CT molecular complexity index is 785. The van der Waals surface area contributed by atoms with Crippen LogP contribution in [0.15, 0.2) is 39.6 Å². The Balaban J connectivity index is 2.38. The fourth-order valence-corrected chi connectivity index (χ4v) is 2.10. The smallest absolute Gasteiger partial charge is 0.337 e. The molecule has 0 unspecified atom stereocenters. The molecule has 0 saturated carbocycles. The van der Waals surface area contributed by atoms with E-state index in [0.717, 1.165) is 4.68 Å². The molecule has 8 heteroatoms. The van der Waals surface area contributed by atoms with Crippen molar-refractivity contribution >= 4 is 33.5 Å². The lowest BCUT2D eigenvalue weighted by molar-refractivity contribution is 0.0698. The number of rotatable bonds is 3. The van der Waals surface area contributed by atoms with Crippen LogP contribution in [0.25, 0.3) is 0 Å². The molecule has 0 bridgehead atoms. The van der Waals surface area contributed by atoms with Crippen molar-refractivity contribution in [1.29, 1.82) is 0 Å². The summed E-state index contributed by atoms with van der Waals surface area (Å²) < 4.78 is 1.45. The van der Waals surface area contributed by atoms with Crippen LogP contribution >= 0.6 is 15.9 Å². The van der Waals surface area contributed by atoms with Gasteiger partial charge in [0.25, 0.3) is 11.5 Å². The maximum absolute atomic E-state index is 12.1. The lowest BCUT2D eigenvalue weighted by Gasteiger charge is -2.10. The number of anilines is 1. The Morgan fingerprint density at radius 3 is 2.62 bits per heavy atom. The maximum atomic E-state index is 12.1. The quantitative estimate of drug-likeness (QED) is 0.872. The van der Waals surface area contributed by atoms with Crippen LogP contribution in [-0.2, 0) is 7.05 Å². The van der Waals surface area contributed by atoms with Gasteiger partial charge in [0.05, 0.1) is 11.3 Å². The largest absolute Gasteiger partial charge is 0.478 e. The first kappa shape index (κ1) is 14.9. The minimum absolute atomic E-state index is 0.00388. The normalized spacial score (nSPS) is 10.2.